The van der Waals surface area contributed by atoms with Crippen LogP contribution in [0, 0.1) is 12.8 Å². The molecule has 0 spiro atoms. The van der Waals surface area contributed by atoms with E-state index in [9.17, 15) is 18.7 Å². The fourth-order valence-electron chi connectivity index (χ4n) is 3.79. The number of aliphatic hydroxyl groups excluding tert-OH is 1. The van der Waals surface area contributed by atoms with Crippen molar-refractivity contribution >= 4 is 11.9 Å². The number of aromatic nitrogens is 2. The first kappa shape index (κ1) is 24.8. The number of amides is 1. The Bertz CT molecular complexity index is 903. The van der Waals surface area contributed by atoms with Crippen LogP contribution < -0.4 is 20.7 Å². The highest BCUT2D eigenvalue weighted by atomic mass is 19.3. The molecule has 0 radical (unpaired) electrons. The number of piperidine rings is 1. The molecule has 3 rings (SSSR count). The number of nitrogens with zero attached hydrogens (tertiary/aromatic N) is 3. The van der Waals surface area contributed by atoms with Gasteiger partial charge >= 0.3 is 12.4 Å². The van der Waals surface area contributed by atoms with Crippen molar-refractivity contribution in [2.24, 2.45) is 11.7 Å². The van der Waals surface area contributed by atoms with Gasteiger partial charge in [-0.25, -0.2) is 8.78 Å². The summed E-state index contributed by atoms with van der Waals surface area (Å²) >= 11 is 0. The molecule has 4 N–H and O–H groups in total. The second-order valence-electron chi connectivity index (χ2n) is 8.23. The molecule has 1 aliphatic rings. The number of aryl methyl sites for hydroxylation is 1. The molecule has 11 heteroatoms. The number of alkyl halides is 2. The van der Waals surface area contributed by atoms with E-state index in [2.05, 4.69) is 15.5 Å². The molecule has 2 aromatic rings. The first-order valence-corrected chi connectivity index (χ1v) is 11.1. The fourth-order valence-corrected chi connectivity index (χ4v) is 3.79. The summed E-state index contributed by atoms with van der Waals surface area (Å²) in [6.07, 6.45) is 0.248. The third-order valence-electron chi connectivity index (χ3n) is 5.75. The monoisotopic (exact) mass is 467 g/mol. The van der Waals surface area contributed by atoms with E-state index in [-0.39, 0.29) is 25.0 Å². The van der Waals surface area contributed by atoms with Gasteiger partial charge in [0.1, 0.15) is 5.75 Å². The quantitative estimate of drug-likeness (QED) is 0.430. The lowest BCUT2D eigenvalue weighted by Gasteiger charge is -2.30. The van der Waals surface area contributed by atoms with Crippen LogP contribution in [0.4, 0.5) is 14.8 Å². The number of anilines is 1. The summed E-state index contributed by atoms with van der Waals surface area (Å²) in [5.74, 6) is 0.397. The van der Waals surface area contributed by atoms with Crippen molar-refractivity contribution in [1.29, 1.82) is 0 Å². The van der Waals surface area contributed by atoms with Crippen LogP contribution >= 0.6 is 0 Å². The Morgan fingerprint density at radius 3 is 2.79 bits per heavy atom. The number of nitrogens with two attached hydrogens (primary N) is 1. The number of halogens is 2. The number of benzene rings is 1. The summed E-state index contributed by atoms with van der Waals surface area (Å²) in [6, 6.07) is 5.46. The zero-order valence-corrected chi connectivity index (χ0v) is 18.7. The number of hydrogen-bond donors (Lipinski definition) is 3. The molecule has 9 nitrogen and oxygen atoms in total. The van der Waals surface area contributed by atoms with Gasteiger partial charge in [0.05, 0.1) is 12.7 Å². The standard InChI is InChI=1S/C22H31F2N5O4/c1-14-11-17(4-5-18(14)21(31)26-13-16(30)12-25)32-10-2-3-15-6-8-29(9-7-15)22-27-20(19(23)24)28-33-22/h4-5,11,15-16,19,30H,2-3,6-10,12-13,25H2,1H3,(H,26,31)/t16-/m1/s1. The second-order valence-corrected chi connectivity index (χ2v) is 8.23. The number of ether oxygens (including phenoxy) is 1. The van der Waals surface area contributed by atoms with Gasteiger partial charge in [-0.2, -0.15) is 4.98 Å². The molecule has 0 bridgehead atoms. The van der Waals surface area contributed by atoms with Gasteiger partial charge in [-0.15, -0.1) is 0 Å². The lowest BCUT2D eigenvalue weighted by Crippen LogP contribution is -2.36. The van der Waals surface area contributed by atoms with Crippen LogP contribution in [0.1, 0.15) is 53.9 Å². The minimum Gasteiger partial charge on any atom is -0.494 e. The van der Waals surface area contributed by atoms with Gasteiger partial charge in [0.2, 0.25) is 5.82 Å². The van der Waals surface area contributed by atoms with Crippen molar-refractivity contribution in [2.75, 3.05) is 37.7 Å². The first-order valence-electron chi connectivity index (χ1n) is 11.1. The van der Waals surface area contributed by atoms with Gasteiger partial charge in [-0.3, -0.25) is 4.79 Å². The van der Waals surface area contributed by atoms with Gasteiger partial charge < -0.3 is 30.3 Å². The molecule has 1 atom stereocenters. The Balaban J connectivity index is 1.36. The van der Waals surface area contributed by atoms with Crippen LogP contribution in [-0.2, 0) is 0 Å². The minimum atomic E-state index is -2.73. The van der Waals surface area contributed by atoms with Crippen LogP contribution in [0.5, 0.6) is 5.75 Å². The van der Waals surface area contributed by atoms with Crippen LogP contribution in [0.25, 0.3) is 0 Å². The number of hydrogen-bond acceptors (Lipinski definition) is 8. The lowest BCUT2D eigenvalue weighted by molar-refractivity contribution is 0.0919. The van der Waals surface area contributed by atoms with Gasteiger partial charge in [0.25, 0.3) is 5.91 Å². The molecular formula is C22H31F2N5O4. The summed E-state index contributed by atoms with van der Waals surface area (Å²) in [4.78, 5) is 17.8. The minimum absolute atomic E-state index is 0.0893. The number of rotatable bonds is 11. The van der Waals surface area contributed by atoms with Crippen molar-refractivity contribution in [3.8, 4) is 5.75 Å². The zero-order chi connectivity index (χ0) is 23.8. The van der Waals surface area contributed by atoms with Crippen LogP contribution in [0.3, 0.4) is 0 Å². The average Bonchev–Trinajstić information content (AvgIpc) is 3.31. The topological polar surface area (TPSA) is 127 Å². The molecule has 1 fully saturated rings. The van der Waals surface area contributed by atoms with Gasteiger partial charge in [0.15, 0.2) is 0 Å². The summed E-state index contributed by atoms with van der Waals surface area (Å²) in [5.41, 5.74) is 6.66. The molecule has 1 saturated heterocycles. The van der Waals surface area contributed by atoms with E-state index in [4.69, 9.17) is 15.0 Å². The highest BCUT2D eigenvalue weighted by Gasteiger charge is 2.24. The Kier molecular flexibility index (Phi) is 8.95. The van der Waals surface area contributed by atoms with Crippen LogP contribution in [-0.4, -0.2) is 60.0 Å². The Labute approximate surface area is 191 Å². The van der Waals surface area contributed by atoms with Gasteiger partial charge in [-0.05, 0) is 62.3 Å². The van der Waals surface area contributed by atoms with Crippen molar-refractivity contribution in [3.05, 3.63) is 35.2 Å². The molecule has 0 saturated carbocycles. The smallest absolute Gasteiger partial charge is 0.324 e. The highest BCUT2D eigenvalue weighted by Crippen LogP contribution is 2.27. The molecular weight excluding hydrogens is 436 g/mol. The van der Waals surface area contributed by atoms with E-state index < -0.39 is 18.4 Å². The Hall–Kier alpha value is -2.79. The summed E-state index contributed by atoms with van der Waals surface area (Å²) < 4.78 is 36.0. The van der Waals surface area contributed by atoms with Gasteiger partial charge in [-0.1, -0.05) is 5.16 Å². The normalized spacial score (nSPS) is 15.6. The fraction of sp³-hybridized carbons (Fsp3) is 0.591. The molecule has 182 valence electrons. The molecule has 1 aliphatic heterocycles. The number of carbonyl (C=O) groups excluding carboxylic acids is 1. The first-order chi connectivity index (χ1) is 15.9. The number of carbonyl (C=O) groups is 1. The third kappa shape index (κ3) is 7.10. The van der Waals surface area contributed by atoms with E-state index in [1.54, 1.807) is 12.1 Å². The molecule has 33 heavy (non-hydrogen) atoms. The Morgan fingerprint density at radius 2 is 2.15 bits per heavy atom. The maximum absolute atomic E-state index is 12.6. The third-order valence-corrected chi connectivity index (χ3v) is 5.75. The predicted molar refractivity (Wildman–Crippen MR) is 117 cm³/mol. The lowest BCUT2D eigenvalue weighted by atomic mass is 9.92. The maximum Gasteiger partial charge on any atom is 0.324 e. The SMILES string of the molecule is Cc1cc(OCCCC2CCN(c3nc(C(F)F)no3)CC2)ccc1C(=O)NC[C@H](O)CN. The predicted octanol–water partition coefficient (Wildman–Crippen LogP) is 2.44. The Morgan fingerprint density at radius 1 is 1.39 bits per heavy atom. The molecule has 1 aromatic heterocycles. The zero-order valence-electron chi connectivity index (χ0n) is 18.7. The van der Waals surface area contributed by atoms with Crippen molar-refractivity contribution in [1.82, 2.24) is 15.5 Å². The van der Waals surface area contributed by atoms with Gasteiger partial charge in [0, 0.05) is 31.7 Å². The average molecular weight is 468 g/mol. The van der Waals surface area contributed by atoms with E-state index in [1.807, 2.05) is 17.9 Å². The molecule has 2 heterocycles. The van der Waals surface area contributed by atoms with E-state index >= 15 is 0 Å². The van der Waals surface area contributed by atoms with Crippen molar-refractivity contribution < 1.29 is 27.9 Å². The van der Waals surface area contributed by atoms with Crippen LogP contribution in [0.15, 0.2) is 22.7 Å². The number of nitrogens with one attached hydrogen (secondary N) is 1. The van der Waals surface area contributed by atoms with Crippen LogP contribution in [0.2, 0.25) is 0 Å². The highest BCUT2D eigenvalue weighted by molar-refractivity contribution is 5.95. The largest absolute Gasteiger partial charge is 0.494 e. The van der Waals surface area contributed by atoms with E-state index in [1.165, 1.54) is 0 Å². The molecule has 1 amide bonds. The molecule has 0 unspecified atom stereocenters. The second kappa shape index (κ2) is 11.9. The number of aliphatic hydroxyl groups is 1. The molecule has 1 aromatic carbocycles. The molecule has 0 aliphatic carbocycles. The van der Waals surface area contributed by atoms with E-state index in [0.29, 0.717) is 36.9 Å². The maximum atomic E-state index is 12.6. The summed E-state index contributed by atoms with van der Waals surface area (Å²) in [5, 5.41) is 15.4. The van der Waals surface area contributed by atoms with E-state index in [0.717, 1.165) is 31.2 Å². The van der Waals surface area contributed by atoms with Crippen molar-refractivity contribution in [2.45, 2.75) is 45.1 Å². The summed E-state index contributed by atoms with van der Waals surface area (Å²) in [6.45, 7) is 3.99. The summed E-state index contributed by atoms with van der Waals surface area (Å²) in [7, 11) is 0. The van der Waals surface area contributed by atoms with Crippen molar-refractivity contribution in [3.63, 3.8) is 0 Å².